The van der Waals surface area contributed by atoms with Crippen molar-refractivity contribution in [3.05, 3.63) is 29.8 Å². The fourth-order valence-corrected chi connectivity index (χ4v) is 3.13. The fourth-order valence-electron chi connectivity index (χ4n) is 2.25. The second-order valence-electron chi connectivity index (χ2n) is 5.39. The van der Waals surface area contributed by atoms with Crippen LogP contribution in [-0.2, 0) is 14.6 Å². The molecule has 0 aliphatic heterocycles. The largest absolute Gasteiger partial charge is 0.480 e. The molecule has 1 aromatic rings. The van der Waals surface area contributed by atoms with Gasteiger partial charge < -0.3 is 10.0 Å². The first-order chi connectivity index (χ1) is 10.3. The lowest BCUT2D eigenvalue weighted by Crippen LogP contribution is -2.44. The predicted octanol–water partition coefficient (Wildman–Crippen LogP) is 1.56. The Morgan fingerprint density at radius 1 is 1.27 bits per heavy atom. The second-order valence-corrected chi connectivity index (χ2v) is 7.66. The summed E-state index contributed by atoms with van der Waals surface area (Å²) in [6.07, 6.45) is 1.59. The Bertz CT molecular complexity index is 676. The fraction of sp³-hybridized carbons (Fsp3) is 0.467. The maximum absolute atomic E-state index is 12.5. The Morgan fingerprint density at radius 2 is 1.82 bits per heavy atom. The summed E-state index contributed by atoms with van der Waals surface area (Å²) in [5.74, 6) is -1.44. The number of sulfone groups is 1. The molecule has 120 valence electrons. The van der Waals surface area contributed by atoms with E-state index in [1.807, 2.05) is 0 Å². The SMILES string of the molecule is CCS(=O)(=O)c1ccc(C(=O)N(C2CC2)C(C)C(=O)O)cc1. The number of aliphatic carboxylic acids is 1. The van der Waals surface area contributed by atoms with Crippen molar-refractivity contribution in [3.8, 4) is 0 Å². The van der Waals surface area contributed by atoms with Gasteiger partial charge in [-0.15, -0.1) is 0 Å². The zero-order valence-corrected chi connectivity index (χ0v) is 13.3. The van der Waals surface area contributed by atoms with Crippen molar-refractivity contribution in [2.75, 3.05) is 5.75 Å². The standard InChI is InChI=1S/C15H19NO5S/c1-3-22(20,21)13-8-4-11(5-9-13)14(17)16(12-6-7-12)10(2)15(18)19/h4-5,8-10,12H,3,6-7H2,1-2H3,(H,18,19). The number of carbonyl (C=O) groups excluding carboxylic acids is 1. The Kier molecular flexibility index (Phi) is 4.55. The zero-order chi connectivity index (χ0) is 16.5. The van der Waals surface area contributed by atoms with Crippen LogP contribution in [0.15, 0.2) is 29.2 Å². The molecule has 0 spiro atoms. The van der Waals surface area contributed by atoms with Crippen LogP contribution in [0, 0.1) is 0 Å². The number of carboxylic acid groups (broad SMARTS) is 1. The highest BCUT2D eigenvalue weighted by Crippen LogP contribution is 2.30. The van der Waals surface area contributed by atoms with Gasteiger partial charge in [0.05, 0.1) is 10.6 Å². The van der Waals surface area contributed by atoms with Crippen molar-refractivity contribution in [1.82, 2.24) is 4.90 Å². The van der Waals surface area contributed by atoms with E-state index < -0.39 is 21.8 Å². The molecule has 0 aromatic heterocycles. The quantitative estimate of drug-likeness (QED) is 0.857. The monoisotopic (exact) mass is 325 g/mol. The zero-order valence-electron chi connectivity index (χ0n) is 12.5. The molecule has 1 N–H and O–H groups in total. The summed E-state index contributed by atoms with van der Waals surface area (Å²) in [6.45, 7) is 3.03. The molecule has 1 aromatic carbocycles. The third-order valence-electron chi connectivity index (χ3n) is 3.79. The van der Waals surface area contributed by atoms with Gasteiger partial charge in [-0.2, -0.15) is 0 Å². The molecule has 1 aliphatic carbocycles. The molecular formula is C15H19NO5S. The van der Waals surface area contributed by atoms with E-state index in [9.17, 15) is 18.0 Å². The van der Waals surface area contributed by atoms with Crippen molar-refractivity contribution in [1.29, 1.82) is 0 Å². The summed E-state index contributed by atoms with van der Waals surface area (Å²) in [5.41, 5.74) is 0.301. The van der Waals surface area contributed by atoms with Crippen LogP contribution in [0.5, 0.6) is 0 Å². The maximum Gasteiger partial charge on any atom is 0.326 e. The summed E-state index contributed by atoms with van der Waals surface area (Å²) >= 11 is 0. The highest BCUT2D eigenvalue weighted by Gasteiger charge is 2.38. The van der Waals surface area contributed by atoms with Crippen molar-refractivity contribution >= 4 is 21.7 Å². The summed E-state index contributed by atoms with van der Waals surface area (Å²) in [7, 11) is -3.31. The molecule has 0 radical (unpaired) electrons. The number of rotatable bonds is 6. The molecular weight excluding hydrogens is 306 g/mol. The minimum absolute atomic E-state index is 0.00938. The van der Waals surface area contributed by atoms with E-state index in [0.717, 1.165) is 12.8 Å². The van der Waals surface area contributed by atoms with E-state index in [4.69, 9.17) is 5.11 Å². The van der Waals surface area contributed by atoms with Gasteiger partial charge in [0.2, 0.25) is 0 Å². The number of hydrogen-bond acceptors (Lipinski definition) is 4. The van der Waals surface area contributed by atoms with E-state index in [0.29, 0.717) is 5.56 Å². The Labute approximate surface area is 129 Å². The van der Waals surface area contributed by atoms with E-state index in [1.54, 1.807) is 6.92 Å². The lowest BCUT2D eigenvalue weighted by atomic mass is 10.1. The number of hydrogen-bond donors (Lipinski definition) is 1. The topological polar surface area (TPSA) is 91.8 Å². The summed E-state index contributed by atoms with van der Waals surface area (Å²) in [6, 6.07) is 4.71. The minimum Gasteiger partial charge on any atom is -0.480 e. The van der Waals surface area contributed by atoms with Gasteiger partial charge in [0.1, 0.15) is 6.04 Å². The Balaban J connectivity index is 2.26. The number of benzene rings is 1. The predicted molar refractivity (Wildman–Crippen MR) is 80.5 cm³/mol. The molecule has 7 heteroatoms. The van der Waals surface area contributed by atoms with Crippen LogP contribution in [0.25, 0.3) is 0 Å². The van der Waals surface area contributed by atoms with Crippen molar-refractivity contribution in [3.63, 3.8) is 0 Å². The summed E-state index contributed by atoms with van der Waals surface area (Å²) in [5, 5.41) is 9.13. The first-order valence-electron chi connectivity index (χ1n) is 7.16. The van der Waals surface area contributed by atoms with Crippen molar-refractivity contribution in [2.24, 2.45) is 0 Å². The van der Waals surface area contributed by atoms with Crippen LogP contribution < -0.4 is 0 Å². The number of carbonyl (C=O) groups is 2. The second kappa shape index (κ2) is 6.08. The van der Waals surface area contributed by atoms with Crippen LogP contribution in [-0.4, -0.2) is 48.1 Å². The highest BCUT2D eigenvalue weighted by atomic mass is 32.2. The van der Waals surface area contributed by atoms with Gasteiger partial charge in [0.15, 0.2) is 9.84 Å². The Hall–Kier alpha value is -1.89. The highest BCUT2D eigenvalue weighted by molar-refractivity contribution is 7.91. The normalized spacial score (nSPS) is 16.1. The molecule has 1 fully saturated rings. The third kappa shape index (κ3) is 3.30. The van der Waals surface area contributed by atoms with E-state index in [2.05, 4.69) is 0 Å². The minimum atomic E-state index is -3.31. The number of nitrogens with zero attached hydrogens (tertiary/aromatic N) is 1. The van der Waals surface area contributed by atoms with Gasteiger partial charge in [0.25, 0.3) is 5.91 Å². The summed E-state index contributed by atoms with van der Waals surface area (Å²) < 4.78 is 23.5. The van der Waals surface area contributed by atoms with Crippen LogP contribution in [0.1, 0.15) is 37.0 Å². The van der Waals surface area contributed by atoms with Gasteiger partial charge >= 0.3 is 5.97 Å². The van der Waals surface area contributed by atoms with Gasteiger partial charge in [-0.05, 0) is 44.0 Å². The van der Waals surface area contributed by atoms with Crippen LogP contribution >= 0.6 is 0 Å². The average molecular weight is 325 g/mol. The lowest BCUT2D eigenvalue weighted by Gasteiger charge is -2.26. The van der Waals surface area contributed by atoms with Crippen LogP contribution in [0.4, 0.5) is 0 Å². The molecule has 0 bridgehead atoms. The third-order valence-corrected chi connectivity index (χ3v) is 5.54. The Morgan fingerprint density at radius 3 is 2.23 bits per heavy atom. The van der Waals surface area contributed by atoms with Gasteiger partial charge in [-0.3, -0.25) is 4.79 Å². The van der Waals surface area contributed by atoms with E-state index in [1.165, 1.54) is 36.1 Å². The molecule has 1 aliphatic rings. The first-order valence-corrected chi connectivity index (χ1v) is 8.81. The maximum atomic E-state index is 12.5. The van der Waals surface area contributed by atoms with E-state index in [-0.39, 0.29) is 22.6 Å². The number of amides is 1. The lowest BCUT2D eigenvalue weighted by molar-refractivity contribution is -0.141. The molecule has 1 unspecified atom stereocenters. The van der Waals surface area contributed by atoms with Crippen molar-refractivity contribution < 1.29 is 23.1 Å². The van der Waals surface area contributed by atoms with Gasteiger partial charge in [-0.25, -0.2) is 13.2 Å². The van der Waals surface area contributed by atoms with Gasteiger partial charge in [0, 0.05) is 11.6 Å². The number of carboxylic acids is 1. The van der Waals surface area contributed by atoms with Gasteiger partial charge in [-0.1, -0.05) is 6.92 Å². The molecule has 0 saturated heterocycles. The molecule has 1 atom stereocenters. The molecule has 6 nitrogen and oxygen atoms in total. The molecule has 0 heterocycles. The summed E-state index contributed by atoms with van der Waals surface area (Å²) in [4.78, 5) is 25.2. The van der Waals surface area contributed by atoms with Crippen LogP contribution in [0.2, 0.25) is 0 Å². The van der Waals surface area contributed by atoms with Crippen LogP contribution in [0.3, 0.4) is 0 Å². The molecule has 2 rings (SSSR count). The van der Waals surface area contributed by atoms with E-state index >= 15 is 0 Å². The molecule has 22 heavy (non-hydrogen) atoms. The molecule has 1 saturated carbocycles. The smallest absolute Gasteiger partial charge is 0.326 e. The first kappa shape index (κ1) is 16.5. The molecule has 1 amide bonds. The van der Waals surface area contributed by atoms with Crippen molar-refractivity contribution in [2.45, 2.75) is 43.7 Å². The average Bonchev–Trinajstić information content (AvgIpc) is 3.32.